The number of nitrogens with zero attached hydrogens (tertiary/aromatic N) is 1. The highest BCUT2D eigenvalue weighted by Crippen LogP contribution is 2.22. The average molecular weight is 373 g/mol. The zero-order valence-electron chi connectivity index (χ0n) is 13.0. The zero-order chi connectivity index (χ0) is 16.8. The molecule has 24 heavy (non-hydrogen) atoms. The van der Waals surface area contributed by atoms with Crippen molar-refractivity contribution in [3.63, 3.8) is 0 Å². The van der Waals surface area contributed by atoms with Crippen LogP contribution in [0.4, 0.5) is 9.52 Å². The molecule has 0 aliphatic carbocycles. The van der Waals surface area contributed by atoms with Gasteiger partial charge in [-0.3, -0.25) is 9.59 Å². The van der Waals surface area contributed by atoms with Crippen molar-refractivity contribution < 1.29 is 14.0 Å². The number of hydrogen-bond donors (Lipinski definition) is 3. The van der Waals surface area contributed by atoms with Crippen LogP contribution >= 0.6 is 23.7 Å². The van der Waals surface area contributed by atoms with Crippen molar-refractivity contribution in [1.29, 1.82) is 0 Å². The molecule has 0 saturated carbocycles. The lowest BCUT2D eigenvalue weighted by Crippen LogP contribution is -2.36. The van der Waals surface area contributed by atoms with Gasteiger partial charge in [0, 0.05) is 17.5 Å². The first-order chi connectivity index (χ1) is 11.0. The molecule has 0 unspecified atom stereocenters. The largest absolute Gasteiger partial charge is 0.346 e. The van der Waals surface area contributed by atoms with Gasteiger partial charge in [0.05, 0.1) is 13.1 Å². The topological polar surface area (TPSA) is 97.1 Å². The third kappa shape index (κ3) is 5.88. The molecule has 130 valence electrons. The molecule has 0 aliphatic rings. The molecule has 1 heterocycles. The maximum absolute atomic E-state index is 13.5. The standard InChI is InChI=1S/C15H17FN4O2S.ClH/c1-9-2-3-10(5-12(9)16)4-11-7-19-15(23-11)20-14(22)8-18-13(21)6-17;/h2-3,5,7H,4,6,8,17H2,1H3,(H,18,21)(H,19,20,22);1H. The highest BCUT2D eigenvalue weighted by molar-refractivity contribution is 7.15. The fourth-order valence-corrected chi connectivity index (χ4v) is 2.67. The molecule has 4 N–H and O–H groups in total. The van der Waals surface area contributed by atoms with Crippen LogP contribution in [0.15, 0.2) is 24.4 Å². The highest BCUT2D eigenvalue weighted by Gasteiger charge is 2.09. The Labute approximate surface area is 149 Å². The van der Waals surface area contributed by atoms with E-state index in [0.717, 1.165) is 10.4 Å². The molecule has 0 saturated heterocycles. The number of carbonyl (C=O) groups excluding carboxylic acids is 2. The van der Waals surface area contributed by atoms with Crippen LogP contribution < -0.4 is 16.4 Å². The normalized spacial score (nSPS) is 9.96. The second kappa shape index (κ2) is 9.31. The van der Waals surface area contributed by atoms with Crippen LogP contribution in [-0.2, 0) is 16.0 Å². The van der Waals surface area contributed by atoms with Crippen LogP contribution in [0.2, 0.25) is 0 Å². The maximum atomic E-state index is 13.5. The number of carbonyl (C=O) groups is 2. The first-order valence-electron chi connectivity index (χ1n) is 6.94. The Bertz CT molecular complexity index is 723. The van der Waals surface area contributed by atoms with Gasteiger partial charge in [-0.25, -0.2) is 9.37 Å². The number of halogens is 2. The fraction of sp³-hybridized carbons (Fsp3) is 0.267. The van der Waals surface area contributed by atoms with Crippen LogP contribution in [0.3, 0.4) is 0 Å². The molecular weight excluding hydrogens is 355 g/mol. The van der Waals surface area contributed by atoms with Gasteiger partial charge in [-0.2, -0.15) is 0 Å². The summed E-state index contributed by atoms with van der Waals surface area (Å²) in [6.07, 6.45) is 2.17. The minimum atomic E-state index is -0.402. The van der Waals surface area contributed by atoms with Crippen molar-refractivity contribution in [3.8, 4) is 0 Å². The second-order valence-corrected chi connectivity index (χ2v) is 6.04. The van der Waals surface area contributed by atoms with Crippen molar-refractivity contribution in [2.75, 3.05) is 18.4 Å². The number of rotatable bonds is 6. The number of aryl methyl sites for hydroxylation is 1. The maximum Gasteiger partial charge on any atom is 0.245 e. The van der Waals surface area contributed by atoms with Crippen LogP contribution in [0, 0.1) is 12.7 Å². The van der Waals surface area contributed by atoms with E-state index in [1.165, 1.54) is 17.4 Å². The fourth-order valence-electron chi connectivity index (χ4n) is 1.81. The number of benzene rings is 1. The number of anilines is 1. The quantitative estimate of drug-likeness (QED) is 0.717. The molecule has 0 radical (unpaired) electrons. The van der Waals surface area contributed by atoms with E-state index < -0.39 is 5.91 Å². The highest BCUT2D eigenvalue weighted by atomic mass is 35.5. The summed E-state index contributed by atoms with van der Waals surface area (Å²) in [5.74, 6) is -1.02. The van der Waals surface area contributed by atoms with Crippen molar-refractivity contribution in [2.24, 2.45) is 5.73 Å². The lowest BCUT2D eigenvalue weighted by Gasteiger charge is -2.03. The van der Waals surface area contributed by atoms with Crippen LogP contribution in [0.25, 0.3) is 0 Å². The Kier molecular flexibility index (Phi) is 7.76. The van der Waals surface area contributed by atoms with Gasteiger partial charge in [0.25, 0.3) is 0 Å². The average Bonchev–Trinajstić information content (AvgIpc) is 2.95. The van der Waals surface area contributed by atoms with E-state index in [9.17, 15) is 14.0 Å². The van der Waals surface area contributed by atoms with Crippen molar-refractivity contribution >= 4 is 40.7 Å². The molecule has 0 aliphatic heterocycles. The van der Waals surface area contributed by atoms with Gasteiger partial charge < -0.3 is 16.4 Å². The smallest absolute Gasteiger partial charge is 0.245 e. The lowest BCUT2D eigenvalue weighted by molar-refractivity contribution is -0.123. The Morgan fingerprint density at radius 1 is 1.33 bits per heavy atom. The Morgan fingerprint density at radius 2 is 2.08 bits per heavy atom. The van der Waals surface area contributed by atoms with Gasteiger partial charge >= 0.3 is 0 Å². The van der Waals surface area contributed by atoms with Crippen molar-refractivity contribution in [1.82, 2.24) is 10.3 Å². The van der Waals surface area contributed by atoms with E-state index in [1.54, 1.807) is 19.2 Å². The summed E-state index contributed by atoms with van der Waals surface area (Å²) < 4.78 is 13.5. The number of thiazole rings is 1. The molecule has 0 fully saturated rings. The Hall–Kier alpha value is -2.03. The summed E-state index contributed by atoms with van der Waals surface area (Å²) in [5.41, 5.74) is 6.57. The molecule has 9 heteroatoms. The summed E-state index contributed by atoms with van der Waals surface area (Å²) in [7, 11) is 0. The molecule has 6 nitrogen and oxygen atoms in total. The monoisotopic (exact) mass is 372 g/mol. The molecule has 2 aromatic rings. The Morgan fingerprint density at radius 3 is 2.75 bits per heavy atom. The predicted octanol–water partition coefficient (Wildman–Crippen LogP) is 1.62. The lowest BCUT2D eigenvalue weighted by atomic mass is 10.1. The molecule has 0 spiro atoms. The van der Waals surface area contributed by atoms with Crippen molar-refractivity contribution in [3.05, 3.63) is 46.2 Å². The van der Waals surface area contributed by atoms with Crippen LogP contribution in [0.5, 0.6) is 0 Å². The SMILES string of the molecule is Cc1ccc(Cc2cnc(NC(=O)CNC(=O)CN)s2)cc1F.Cl. The molecule has 0 bridgehead atoms. The number of nitrogens with two attached hydrogens (primary N) is 1. The van der Waals surface area contributed by atoms with E-state index in [-0.39, 0.29) is 37.2 Å². The number of aromatic nitrogens is 1. The molecule has 1 aromatic carbocycles. The summed E-state index contributed by atoms with van der Waals surface area (Å²) >= 11 is 1.30. The molecular formula is C15H18ClFN4O2S. The number of nitrogens with one attached hydrogen (secondary N) is 2. The predicted molar refractivity (Wildman–Crippen MR) is 94.0 cm³/mol. The summed E-state index contributed by atoms with van der Waals surface area (Å²) in [5, 5.41) is 5.39. The summed E-state index contributed by atoms with van der Waals surface area (Å²) in [6.45, 7) is 1.39. The summed E-state index contributed by atoms with van der Waals surface area (Å²) in [4.78, 5) is 27.6. The van der Waals surface area contributed by atoms with E-state index in [1.807, 2.05) is 6.07 Å². The van der Waals surface area contributed by atoms with Crippen LogP contribution in [-0.4, -0.2) is 29.9 Å². The first-order valence-corrected chi connectivity index (χ1v) is 7.76. The van der Waals surface area contributed by atoms with Crippen LogP contribution in [0.1, 0.15) is 16.0 Å². The number of amides is 2. The van der Waals surface area contributed by atoms with Gasteiger partial charge in [0.2, 0.25) is 11.8 Å². The third-order valence-electron chi connectivity index (χ3n) is 3.05. The molecule has 0 atom stereocenters. The van der Waals surface area contributed by atoms with E-state index in [0.29, 0.717) is 17.1 Å². The first kappa shape index (κ1) is 20.0. The van der Waals surface area contributed by atoms with Gasteiger partial charge in [-0.05, 0) is 24.1 Å². The van der Waals surface area contributed by atoms with E-state index >= 15 is 0 Å². The minimum absolute atomic E-state index is 0. The van der Waals surface area contributed by atoms with E-state index in [4.69, 9.17) is 5.73 Å². The van der Waals surface area contributed by atoms with Gasteiger partial charge in [-0.15, -0.1) is 23.7 Å². The second-order valence-electron chi connectivity index (χ2n) is 4.92. The van der Waals surface area contributed by atoms with Gasteiger partial charge in [-0.1, -0.05) is 12.1 Å². The van der Waals surface area contributed by atoms with Gasteiger partial charge in [0.1, 0.15) is 5.82 Å². The number of hydrogen-bond acceptors (Lipinski definition) is 5. The van der Waals surface area contributed by atoms with E-state index in [2.05, 4.69) is 15.6 Å². The minimum Gasteiger partial charge on any atom is -0.346 e. The molecule has 2 amide bonds. The third-order valence-corrected chi connectivity index (χ3v) is 3.96. The van der Waals surface area contributed by atoms with Gasteiger partial charge in [0.15, 0.2) is 5.13 Å². The molecule has 1 aromatic heterocycles. The molecule has 2 rings (SSSR count). The summed E-state index contributed by atoms with van der Waals surface area (Å²) in [6, 6.07) is 5.09. The Balaban J connectivity index is 0.00000288. The zero-order valence-corrected chi connectivity index (χ0v) is 14.6. The van der Waals surface area contributed by atoms with Crippen molar-refractivity contribution in [2.45, 2.75) is 13.3 Å².